The number of hydrogen-bond donors (Lipinski definition) is 2. The highest BCUT2D eigenvalue weighted by Crippen LogP contribution is 2.31. The van der Waals surface area contributed by atoms with E-state index in [1.165, 1.54) is 0 Å². The summed E-state index contributed by atoms with van der Waals surface area (Å²) in [5.74, 6) is 0.557. The van der Waals surface area contributed by atoms with Gasteiger partial charge in [0.25, 0.3) is 0 Å². The maximum Gasteiger partial charge on any atom is 0.227 e. The highest BCUT2D eigenvalue weighted by Gasteiger charge is 2.11. The van der Waals surface area contributed by atoms with Gasteiger partial charge in [-0.25, -0.2) is 4.98 Å². The fourth-order valence-electron chi connectivity index (χ4n) is 4.02. The van der Waals surface area contributed by atoms with E-state index in [1.54, 1.807) is 12.3 Å². The highest BCUT2D eigenvalue weighted by molar-refractivity contribution is 5.94. The van der Waals surface area contributed by atoms with E-state index in [2.05, 4.69) is 26.7 Å². The van der Waals surface area contributed by atoms with Crippen LogP contribution in [0.2, 0.25) is 0 Å². The monoisotopic (exact) mass is 453 g/mol. The second-order valence-electron chi connectivity index (χ2n) is 8.10. The van der Waals surface area contributed by atoms with E-state index in [0.717, 1.165) is 44.7 Å². The van der Waals surface area contributed by atoms with E-state index in [1.807, 2.05) is 91.0 Å². The Morgan fingerprint density at radius 3 is 2.43 bits per heavy atom. The molecule has 166 valence electrons. The molecule has 4 aromatic carbocycles. The number of pyridine rings is 1. The second-order valence-corrected chi connectivity index (χ2v) is 8.10. The molecule has 0 saturated heterocycles. The SMILES string of the molecule is N#Cc1ccc2nccc(Nc3ccc4nc(-c5cccc(Nc6ccccc6)c5)oc4c3)c2c1. The Bertz CT molecular complexity index is 1720. The average molecular weight is 454 g/mol. The van der Waals surface area contributed by atoms with Crippen LogP contribution in [0.1, 0.15) is 5.56 Å². The fraction of sp³-hybridized carbons (Fsp3) is 0. The number of rotatable bonds is 5. The number of nitrogens with one attached hydrogen (secondary N) is 2. The number of nitrogens with zero attached hydrogens (tertiary/aromatic N) is 3. The lowest BCUT2D eigenvalue weighted by Crippen LogP contribution is -1.93. The maximum absolute atomic E-state index is 9.27. The number of oxazole rings is 1. The molecule has 0 atom stereocenters. The van der Waals surface area contributed by atoms with E-state index in [-0.39, 0.29) is 0 Å². The predicted molar refractivity (Wildman–Crippen MR) is 139 cm³/mol. The molecule has 0 spiro atoms. The largest absolute Gasteiger partial charge is 0.436 e. The molecule has 6 heteroatoms. The molecule has 0 bridgehead atoms. The van der Waals surface area contributed by atoms with Crippen LogP contribution in [0.25, 0.3) is 33.5 Å². The van der Waals surface area contributed by atoms with Crippen molar-refractivity contribution in [2.75, 3.05) is 10.6 Å². The molecule has 0 fully saturated rings. The topological polar surface area (TPSA) is 86.8 Å². The lowest BCUT2D eigenvalue weighted by molar-refractivity contribution is 0.620. The summed E-state index contributed by atoms with van der Waals surface area (Å²) in [6.07, 6.45) is 1.75. The molecule has 6 aromatic rings. The van der Waals surface area contributed by atoms with E-state index in [9.17, 15) is 5.26 Å². The van der Waals surface area contributed by atoms with Crippen molar-refractivity contribution in [3.63, 3.8) is 0 Å². The smallest absolute Gasteiger partial charge is 0.227 e. The zero-order valence-electron chi connectivity index (χ0n) is 18.6. The van der Waals surface area contributed by atoms with Crippen LogP contribution >= 0.6 is 0 Å². The third-order valence-corrected chi connectivity index (χ3v) is 5.71. The molecule has 0 aliphatic rings. The summed E-state index contributed by atoms with van der Waals surface area (Å²) in [7, 11) is 0. The number of benzene rings is 4. The van der Waals surface area contributed by atoms with Crippen LogP contribution < -0.4 is 10.6 Å². The van der Waals surface area contributed by atoms with Crippen molar-refractivity contribution < 1.29 is 4.42 Å². The number of nitriles is 1. The molecule has 0 unspecified atom stereocenters. The fourth-order valence-corrected chi connectivity index (χ4v) is 4.02. The Labute approximate surface area is 201 Å². The van der Waals surface area contributed by atoms with Crippen LogP contribution in [0.5, 0.6) is 0 Å². The zero-order valence-corrected chi connectivity index (χ0v) is 18.6. The first kappa shape index (κ1) is 20.5. The van der Waals surface area contributed by atoms with Crippen LogP contribution in [-0.2, 0) is 0 Å². The maximum atomic E-state index is 9.27. The first-order valence-electron chi connectivity index (χ1n) is 11.1. The molecule has 35 heavy (non-hydrogen) atoms. The standard InChI is InChI=1S/C29H19N5O/c30-18-19-9-11-25-24(15-19)26(13-14-31-25)33-23-10-12-27-28(17-23)35-29(34-27)20-5-4-8-22(16-20)32-21-6-2-1-3-7-21/h1-17,32H,(H,31,33). The molecule has 0 aliphatic carbocycles. The Morgan fingerprint density at radius 2 is 1.54 bits per heavy atom. The molecule has 0 radical (unpaired) electrons. The van der Waals surface area contributed by atoms with Crippen LogP contribution in [0.3, 0.4) is 0 Å². The van der Waals surface area contributed by atoms with Crippen molar-refractivity contribution in [3.8, 4) is 17.5 Å². The lowest BCUT2D eigenvalue weighted by atomic mass is 10.1. The van der Waals surface area contributed by atoms with E-state index < -0.39 is 0 Å². The molecule has 0 saturated carbocycles. The number of anilines is 4. The van der Waals surface area contributed by atoms with Crippen LogP contribution in [-0.4, -0.2) is 9.97 Å². The molecular formula is C29H19N5O. The van der Waals surface area contributed by atoms with E-state index in [0.29, 0.717) is 17.0 Å². The molecular weight excluding hydrogens is 434 g/mol. The van der Waals surface area contributed by atoms with Crippen molar-refractivity contribution in [2.24, 2.45) is 0 Å². The summed E-state index contributed by atoms with van der Waals surface area (Å²) in [6, 6.07) is 33.4. The Balaban J connectivity index is 1.30. The van der Waals surface area contributed by atoms with Gasteiger partial charge in [0, 0.05) is 46.0 Å². The lowest BCUT2D eigenvalue weighted by Gasteiger charge is -2.09. The van der Waals surface area contributed by atoms with Crippen LogP contribution in [0.15, 0.2) is 108 Å². The van der Waals surface area contributed by atoms with Crippen molar-refractivity contribution in [3.05, 3.63) is 109 Å². The molecule has 6 rings (SSSR count). The van der Waals surface area contributed by atoms with Gasteiger partial charge in [0.1, 0.15) is 5.52 Å². The van der Waals surface area contributed by atoms with Gasteiger partial charge >= 0.3 is 0 Å². The summed E-state index contributed by atoms with van der Waals surface area (Å²) < 4.78 is 6.13. The summed E-state index contributed by atoms with van der Waals surface area (Å²) in [5.41, 5.74) is 7.46. The number of hydrogen-bond acceptors (Lipinski definition) is 6. The van der Waals surface area contributed by atoms with Gasteiger partial charge in [-0.2, -0.15) is 5.26 Å². The van der Waals surface area contributed by atoms with Crippen molar-refractivity contribution in [2.45, 2.75) is 0 Å². The highest BCUT2D eigenvalue weighted by atomic mass is 16.3. The van der Waals surface area contributed by atoms with Crippen molar-refractivity contribution >= 4 is 44.8 Å². The first-order valence-corrected chi connectivity index (χ1v) is 11.1. The zero-order chi connectivity index (χ0) is 23.6. The second kappa shape index (κ2) is 8.65. The molecule has 2 heterocycles. The third kappa shape index (κ3) is 4.14. The van der Waals surface area contributed by atoms with Gasteiger partial charge in [-0.1, -0.05) is 24.3 Å². The normalized spacial score (nSPS) is 10.8. The molecule has 0 amide bonds. The molecule has 2 N–H and O–H groups in total. The van der Waals surface area contributed by atoms with Gasteiger partial charge in [-0.15, -0.1) is 0 Å². The summed E-state index contributed by atoms with van der Waals surface area (Å²) in [5, 5.41) is 17.0. The summed E-state index contributed by atoms with van der Waals surface area (Å²) >= 11 is 0. The molecule has 0 aliphatic heterocycles. The van der Waals surface area contributed by atoms with Crippen LogP contribution in [0, 0.1) is 11.3 Å². The number of para-hydroxylation sites is 1. The Kier molecular flexibility index (Phi) is 5.06. The van der Waals surface area contributed by atoms with Crippen LogP contribution in [0.4, 0.5) is 22.7 Å². The Hall–Kier alpha value is -5.15. The van der Waals surface area contributed by atoms with Gasteiger partial charge in [-0.05, 0) is 66.7 Å². The van der Waals surface area contributed by atoms with Crippen molar-refractivity contribution in [1.82, 2.24) is 9.97 Å². The van der Waals surface area contributed by atoms with Crippen molar-refractivity contribution in [1.29, 1.82) is 5.26 Å². The van der Waals surface area contributed by atoms with Gasteiger partial charge in [0.15, 0.2) is 5.58 Å². The number of fused-ring (bicyclic) bond motifs is 2. The van der Waals surface area contributed by atoms with Gasteiger partial charge in [0.05, 0.1) is 17.1 Å². The third-order valence-electron chi connectivity index (χ3n) is 5.71. The summed E-state index contributed by atoms with van der Waals surface area (Å²) in [6.45, 7) is 0. The average Bonchev–Trinajstić information content (AvgIpc) is 3.33. The molecule has 6 nitrogen and oxygen atoms in total. The van der Waals surface area contributed by atoms with E-state index in [4.69, 9.17) is 4.42 Å². The minimum Gasteiger partial charge on any atom is -0.436 e. The van der Waals surface area contributed by atoms with Gasteiger partial charge < -0.3 is 15.1 Å². The number of aromatic nitrogens is 2. The van der Waals surface area contributed by atoms with Gasteiger partial charge in [-0.3, -0.25) is 4.98 Å². The van der Waals surface area contributed by atoms with Gasteiger partial charge in [0.2, 0.25) is 5.89 Å². The molecule has 2 aromatic heterocycles. The van der Waals surface area contributed by atoms with E-state index >= 15 is 0 Å². The minimum absolute atomic E-state index is 0.557. The first-order chi connectivity index (χ1) is 17.2. The quantitative estimate of drug-likeness (QED) is 0.283. The Morgan fingerprint density at radius 1 is 0.714 bits per heavy atom. The minimum atomic E-state index is 0.557. The summed E-state index contributed by atoms with van der Waals surface area (Å²) in [4.78, 5) is 9.08. The predicted octanol–water partition coefficient (Wildman–Crippen LogP) is 7.40.